The van der Waals surface area contributed by atoms with Crippen LogP contribution in [0.4, 0.5) is 13.2 Å². The van der Waals surface area contributed by atoms with Crippen molar-refractivity contribution in [1.29, 1.82) is 0 Å². The highest BCUT2D eigenvalue weighted by Gasteiger charge is 2.40. The molecule has 0 radical (unpaired) electrons. The van der Waals surface area contributed by atoms with Gasteiger partial charge in [-0.05, 0) is 30.7 Å². The molecule has 2 N–H and O–H groups in total. The molecule has 6 nitrogen and oxygen atoms in total. The van der Waals surface area contributed by atoms with E-state index < -0.39 is 21.9 Å². The largest absolute Gasteiger partial charge is 0.433 e. The first-order valence-electron chi connectivity index (χ1n) is 7.85. The fourth-order valence-corrected chi connectivity index (χ4v) is 3.61. The maximum Gasteiger partial charge on any atom is 0.433 e. The van der Waals surface area contributed by atoms with E-state index in [0.717, 1.165) is 4.68 Å². The van der Waals surface area contributed by atoms with Crippen molar-refractivity contribution in [2.45, 2.75) is 24.5 Å². The zero-order valence-corrected chi connectivity index (χ0v) is 14.9. The van der Waals surface area contributed by atoms with Crippen molar-refractivity contribution < 1.29 is 21.6 Å². The molecule has 0 fully saturated rings. The molecule has 10 heteroatoms. The number of pyridine rings is 1. The maximum atomic E-state index is 13.8. The summed E-state index contributed by atoms with van der Waals surface area (Å²) in [6.45, 7) is 1.47. The van der Waals surface area contributed by atoms with Gasteiger partial charge in [-0.15, -0.1) is 0 Å². The number of nitrogens with zero attached hydrogens (tertiary/aromatic N) is 3. The van der Waals surface area contributed by atoms with Gasteiger partial charge >= 0.3 is 6.18 Å². The Kier molecular flexibility index (Phi) is 4.79. The number of aryl methyl sites for hydroxylation is 1. The number of benzene rings is 1. The van der Waals surface area contributed by atoms with Gasteiger partial charge in [0.25, 0.3) is 0 Å². The molecule has 0 saturated heterocycles. The van der Waals surface area contributed by atoms with E-state index in [1.807, 2.05) is 0 Å². The lowest BCUT2D eigenvalue weighted by molar-refractivity contribution is -0.143. The number of nitrogens with two attached hydrogens (primary N) is 1. The average Bonchev–Trinajstić information content (AvgIpc) is 3.01. The third kappa shape index (κ3) is 3.58. The fourth-order valence-electron chi connectivity index (χ4n) is 2.87. The summed E-state index contributed by atoms with van der Waals surface area (Å²) >= 11 is 0. The second kappa shape index (κ2) is 6.78. The Bertz CT molecular complexity index is 1080. The van der Waals surface area contributed by atoms with Gasteiger partial charge in [0.15, 0.2) is 5.69 Å². The van der Waals surface area contributed by atoms with Crippen molar-refractivity contribution in [1.82, 2.24) is 14.8 Å². The van der Waals surface area contributed by atoms with Crippen LogP contribution in [-0.2, 0) is 22.7 Å². The molecule has 0 bridgehead atoms. The molecule has 142 valence electrons. The summed E-state index contributed by atoms with van der Waals surface area (Å²) < 4.78 is 66.2. The normalized spacial score (nSPS) is 12.3. The Morgan fingerprint density at radius 2 is 1.74 bits per heavy atom. The standard InChI is InChI=1S/C17H15F3N4O2S/c1-2-24-16(17(18,19)20)14(11-7-9-22-10-8-11)15(23-24)12-5-3-4-6-13(12)27(21,25)26/h3-10H,2H2,1H3,(H2,21,25,26). The monoisotopic (exact) mass is 396 g/mol. The summed E-state index contributed by atoms with van der Waals surface area (Å²) in [6.07, 6.45) is -1.99. The van der Waals surface area contributed by atoms with Gasteiger partial charge < -0.3 is 0 Å². The highest BCUT2D eigenvalue weighted by Crippen LogP contribution is 2.43. The molecule has 0 amide bonds. The van der Waals surface area contributed by atoms with E-state index in [2.05, 4.69) is 10.1 Å². The molecule has 3 aromatic rings. The predicted molar refractivity (Wildman–Crippen MR) is 92.9 cm³/mol. The van der Waals surface area contributed by atoms with Crippen LogP contribution in [0.2, 0.25) is 0 Å². The van der Waals surface area contributed by atoms with Crippen LogP contribution in [0.15, 0.2) is 53.7 Å². The first kappa shape index (κ1) is 19.1. The summed E-state index contributed by atoms with van der Waals surface area (Å²) in [7, 11) is -4.17. The molecule has 0 atom stereocenters. The van der Waals surface area contributed by atoms with Crippen LogP contribution in [0.25, 0.3) is 22.4 Å². The Morgan fingerprint density at radius 3 is 2.30 bits per heavy atom. The summed E-state index contributed by atoms with van der Waals surface area (Å²) in [5, 5.41) is 9.32. The van der Waals surface area contributed by atoms with E-state index >= 15 is 0 Å². The van der Waals surface area contributed by atoms with E-state index in [1.54, 1.807) is 0 Å². The number of hydrogen-bond donors (Lipinski definition) is 1. The van der Waals surface area contributed by atoms with Gasteiger partial charge in [-0.2, -0.15) is 18.3 Å². The van der Waals surface area contributed by atoms with Crippen molar-refractivity contribution in [2.24, 2.45) is 5.14 Å². The van der Waals surface area contributed by atoms with E-state index in [0.29, 0.717) is 0 Å². The van der Waals surface area contributed by atoms with Crippen LogP contribution in [-0.4, -0.2) is 23.2 Å². The van der Waals surface area contributed by atoms with E-state index in [-0.39, 0.29) is 33.8 Å². The molecular formula is C17H15F3N4O2S. The van der Waals surface area contributed by atoms with Gasteiger partial charge in [0.2, 0.25) is 10.0 Å². The zero-order chi connectivity index (χ0) is 19.8. The second-order valence-electron chi connectivity index (χ2n) is 5.66. The highest BCUT2D eigenvalue weighted by molar-refractivity contribution is 7.89. The molecule has 27 heavy (non-hydrogen) atoms. The molecular weight excluding hydrogens is 381 g/mol. The first-order chi connectivity index (χ1) is 12.6. The molecule has 1 aromatic carbocycles. The predicted octanol–water partition coefficient (Wildman–Crippen LogP) is 3.30. The Hall–Kier alpha value is -2.72. The van der Waals surface area contributed by atoms with Crippen molar-refractivity contribution in [3.8, 4) is 22.4 Å². The lowest BCUT2D eigenvalue weighted by Gasteiger charge is -2.12. The quantitative estimate of drug-likeness (QED) is 0.733. The number of rotatable bonds is 4. The zero-order valence-electron chi connectivity index (χ0n) is 14.1. The van der Waals surface area contributed by atoms with E-state index in [4.69, 9.17) is 5.14 Å². The number of hydrogen-bond acceptors (Lipinski definition) is 4. The van der Waals surface area contributed by atoms with Crippen molar-refractivity contribution >= 4 is 10.0 Å². The van der Waals surface area contributed by atoms with Crippen LogP contribution < -0.4 is 5.14 Å². The fraction of sp³-hybridized carbons (Fsp3) is 0.176. The van der Waals surface area contributed by atoms with Crippen molar-refractivity contribution in [3.05, 3.63) is 54.5 Å². The number of aromatic nitrogens is 3. The van der Waals surface area contributed by atoms with Gasteiger partial charge in [-0.3, -0.25) is 9.67 Å². The molecule has 0 aliphatic carbocycles. The van der Waals surface area contributed by atoms with Crippen molar-refractivity contribution in [3.63, 3.8) is 0 Å². The van der Waals surface area contributed by atoms with Crippen LogP contribution in [0.1, 0.15) is 12.6 Å². The highest BCUT2D eigenvalue weighted by atomic mass is 32.2. The number of sulfonamides is 1. The molecule has 2 aromatic heterocycles. The van der Waals surface area contributed by atoms with E-state index in [1.165, 1.54) is 55.7 Å². The average molecular weight is 396 g/mol. The van der Waals surface area contributed by atoms with Gasteiger partial charge in [-0.1, -0.05) is 18.2 Å². The minimum Gasteiger partial charge on any atom is -0.265 e. The SMILES string of the molecule is CCn1nc(-c2ccccc2S(N)(=O)=O)c(-c2ccncc2)c1C(F)(F)F. The minimum atomic E-state index is -4.70. The molecule has 3 rings (SSSR count). The van der Waals surface area contributed by atoms with Crippen LogP contribution in [0, 0.1) is 0 Å². The van der Waals surface area contributed by atoms with Gasteiger partial charge in [0.05, 0.1) is 4.90 Å². The third-order valence-corrected chi connectivity index (χ3v) is 4.91. The lowest BCUT2D eigenvalue weighted by Crippen LogP contribution is -2.14. The summed E-state index contributed by atoms with van der Waals surface area (Å²) in [5.41, 5.74) is -1.07. The van der Waals surface area contributed by atoms with Gasteiger partial charge in [0.1, 0.15) is 5.69 Å². The first-order valence-corrected chi connectivity index (χ1v) is 9.39. The molecule has 0 spiro atoms. The molecule has 0 aliphatic rings. The van der Waals surface area contributed by atoms with Crippen LogP contribution in [0.3, 0.4) is 0 Å². The summed E-state index contributed by atoms with van der Waals surface area (Å²) in [6, 6.07) is 8.40. The van der Waals surface area contributed by atoms with Crippen molar-refractivity contribution in [2.75, 3.05) is 0 Å². The molecule has 2 heterocycles. The van der Waals surface area contributed by atoms with Crippen LogP contribution in [0.5, 0.6) is 0 Å². The molecule has 0 saturated carbocycles. The van der Waals surface area contributed by atoms with E-state index in [9.17, 15) is 21.6 Å². The Labute approximate surface area is 153 Å². The second-order valence-corrected chi connectivity index (χ2v) is 7.19. The number of alkyl halides is 3. The lowest BCUT2D eigenvalue weighted by atomic mass is 9.99. The smallest absolute Gasteiger partial charge is 0.265 e. The summed E-state index contributed by atoms with van der Waals surface area (Å²) in [4.78, 5) is 3.53. The number of primary sulfonamides is 1. The minimum absolute atomic E-state index is 0.00418. The summed E-state index contributed by atoms with van der Waals surface area (Å²) in [5.74, 6) is 0. The molecule has 0 aliphatic heterocycles. The Morgan fingerprint density at radius 1 is 1.11 bits per heavy atom. The van der Waals surface area contributed by atoms with Crippen LogP contribution >= 0.6 is 0 Å². The third-order valence-electron chi connectivity index (χ3n) is 3.94. The number of halogens is 3. The molecule has 0 unspecified atom stereocenters. The van der Waals surface area contributed by atoms with Gasteiger partial charge in [-0.25, -0.2) is 13.6 Å². The topological polar surface area (TPSA) is 90.9 Å². The van der Waals surface area contributed by atoms with Gasteiger partial charge in [0, 0.05) is 30.1 Å². The maximum absolute atomic E-state index is 13.8. The Balaban J connectivity index is 2.45.